The van der Waals surface area contributed by atoms with Crippen molar-refractivity contribution in [3.63, 3.8) is 0 Å². The molecule has 0 amide bonds. The van der Waals surface area contributed by atoms with Gasteiger partial charge < -0.3 is 5.11 Å². The second kappa shape index (κ2) is 1.99. The molecule has 0 saturated heterocycles. The van der Waals surface area contributed by atoms with Crippen molar-refractivity contribution in [1.82, 2.24) is 10.2 Å². The van der Waals surface area contributed by atoms with E-state index >= 15 is 0 Å². The molecule has 11 heavy (non-hydrogen) atoms. The Morgan fingerprint density at radius 1 is 1.45 bits per heavy atom. The van der Waals surface area contributed by atoms with Gasteiger partial charge in [0.1, 0.15) is 5.75 Å². The summed E-state index contributed by atoms with van der Waals surface area (Å²) in [6, 6.07) is 3.58. The number of aromatic amines is 1. The van der Waals surface area contributed by atoms with Gasteiger partial charge >= 0.3 is 0 Å². The van der Waals surface area contributed by atoms with Gasteiger partial charge in [-0.1, -0.05) is 0 Å². The number of rotatable bonds is 0. The normalized spacial score (nSPS) is 10.6. The molecule has 0 fully saturated rings. The number of aryl methyl sites for hydroxylation is 1. The van der Waals surface area contributed by atoms with Gasteiger partial charge in [-0.3, -0.25) is 5.10 Å². The molecule has 0 aliphatic rings. The molecular formula is C8H8N2O. The van der Waals surface area contributed by atoms with Gasteiger partial charge in [-0.2, -0.15) is 5.10 Å². The maximum absolute atomic E-state index is 9.29. The SMILES string of the molecule is Cc1cc2cn[nH]c2cc1O. The zero-order valence-electron chi connectivity index (χ0n) is 6.13. The quantitative estimate of drug-likeness (QED) is 0.595. The summed E-state index contributed by atoms with van der Waals surface area (Å²) in [5.74, 6) is 0.307. The van der Waals surface area contributed by atoms with Crippen LogP contribution in [0.3, 0.4) is 0 Å². The highest BCUT2D eigenvalue weighted by Crippen LogP contribution is 2.21. The van der Waals surface area contributed by atoms with Crippen LogP contribution in [0.15, 0.2) is 18.3 Å². The number of hydrogen-bond acceptors (Lipinski definition) is 2. The van der Waals surface area contributed by atoms with Gasteiger partial charge in [-0.15, -0.1) is 0 Å². The van der Waals surface area contributed by atoms with E-state index in [1.165, 1.54) is 0 Å². The molecule has 0 spiro atoms. The Labute approximate surface area is 63.7 Å². The number of nitrogens with zero attached hydrogens (tertiary/aromatic N) is 1. The molecule has 1 heterocycles. The van der Waals surface area contributed by atoms with Crippen LogP contribution >= 0.6 is 0 Å². The fourth-order valence-electron chi connectivity index (χ4n) is 1.09. The summed E-state index contributed by atoms with van der Waals surface area (Å²) in [6.45, 7) is 1.86. The lowest BCUT2D eigenvalue weighted by molar-refractivity contribution is 0.472. The van der Waals surface area contributed by atoms with Crippen LogP contribution in [-0.2, 0) is 0 Å². The van der Waals surface area contributed by atoms with E-state index in [9.17, 15) is 5.11 Å². The topological polar surface area (TPSA) is 48.9 Å². The predicted octanol–water partition coefficient (Wildman–Crippen LogP) is 1.58. The standard InChI is InChI=1S/C8H8N2O/c1-5-2-6-4-9-10-7(6)3-8(5)11/h2-4,11H,1H3,(H,9,10). The van der Waals surface area contributed by atoms with E-state index in [4.69, 9.17) is 0 Å². The number of aromatic hydroxyl groups is 1. The molecule has 0 aliphatic carbocycles. The number of nitrogens with one attached hydrogen (secondary N) is 1. The number of phenolic OH excluding ortho intramolecular Hbond substituents is 1. The lowest BCUT2D eigenvalue weighted by Gasteiger charge is -1.96. The summed E-state index contributed by atoms with van der Waals surface area (Å²) >= 11 is 0. The number of benzene rings is 1. The van der Waals surface area contributed by atoms with Crippen LogP contribution in [-0.4, -0.2) is 15.3 Å². The first kappa shape index (κ1) is 6.22. The Morgan fingerprint density at radius 3 is 3.09 bits per heavy atom. The maximum atomic E-state index is 9.29. The second-order valence-corrected chi connectivity index (χ2v) is 2.60. The molecule has 0 aliphatic heterocycles. The van der Waals surface area contributed by atoms with Crippen molar-refractivity contribution in [3.8, 4) is 5.75 Å². The van der Waals surface area contributed by atoms with Gasteiger partial charge in [0.25, 0.3) is 0 Å². The van der Waals surface area contributed by atoms with Crippen LogP contribution in [0.5, 0.6) is 5.75 Å². The molecule has 0 unspecified atom stereocenters. The van der Waals surface area contributed by atoms with Crippen molar-refractivity contribution >= 4 is 10.9 Å². The molecule has 1 aromatic carbocycles. The smallest absolute Gasteiger partial charge is 0.120 e. The van der Waals surface area contributed by atoms with Crippen LogP contribution in [0.25, 0.3) is 10.9 Å². The molecule has 56 valence electrons. The molecule has 2 aromatic rings. The number of phenols is 1. The molecule has 3 heteroatoms. The molecule has 2 N–H and O–H groups in total. The second-order valence-electron chi connectivity index (χ2n) is 2.60. The third kappa shape index (κ3) is 0.852. The molecule has 0 radical (unpaired) electrons. The maximum Gasteiger partial charge on any atom is 0.120 e. The summed E-state index contributed by atoms with van der Waals surface area (Å²) in [6.07, 6.45) is 1.74. The van der Waals surface area contributed by atoms with E-state index < -0.39 is 0 Å². The minimum atomic E-state index is 0.307. The zero-order valence-corrected chi connectivity index (χ0v) is 6.13. The summed E-state index contributed by atoms with van der Waals surface area (Å²) in [5.41, 5.74) is 1.74. The number of aromatic nitrogens is 2. The largest absolute Gasteiger partial charge is 0.508 e. The van der Waals surface area contributed by atoms with E-state index in [2.05, 4.69) is 10.2 Å². The van der Waals surface area contributed by atoms with Crippen molar-refractivity contribution in [2.24, 2.45) is 0 Å². The van der Waals surface area contributed by atoms with Gasteiger partial charge in [-0.05, 0) is 18.6 Å². The van der Waals surface area contributed by atoms with E-state index in [0.29, 0.717) is 5.75 Å². The number of fused-ring (bicyclic) bond motifs is 1. The van der Waals surface area contributed by atoms with Gasteiger partial charge in [0.15, 0.2) is 0 Å². The average molecular weight is 148 g/mol. The third-order valence-corrected chi connectivity index (χ3v) is 1.76. The minimum Gasteiger partial charge on any atom is -0.508 e. The van der Waals surface area contributed by atoms with Crippen molar-refractivity contribution < 1.29 is 5.11 Å². The Bertz CT molecular complexity index is 356. The fraction of sp³-hybridized carbons (Fsp3) is 0.125. The van der Waals surface area contributed by atoms with Crippen LogP contribution in [0, 0.1) is 6.92 Å². The van der Waals surface area contributed by atoms with E-state index in [1.54, 1.807) is 12.3 Å². The van der Waals surface area contributed by atoms with Crippen LogP contribution in [0.4, 0.5) is 0 Å². The molecule has 3 nitrogen and oxygen atoms in total. The first-order chi connectivity index (χ1) is 5.27. The Balaban J connectivity index is 2.86. The van der Waals surface area contributed by atoms with Gasteiger partial charge in [0.2, 0.25) is 0 Å². The van der Waals surface area contributed by atoms with Crippen LogP contribution < -0.4 is 0 Å². The molecule has 1 aromatic heterocycles. The van der Waals surface area contributed by atoms with Crippen molar-refractivity contribution in [1.29, 1.82) is 0 Å². The number of hydrogen-bond donors (Lipinski definition) is 2. The summed E-state index contributed by atoms with van der Waals surface area (Å²) in [5, 5.41) is 16.9. The molecular weight excluding hydrogens is 140 g/mol. The first-order valence-corrected chi connectivity index (χ1v) is 3.40. The average Bonchev–Trinajstić information content (AvgIpc) is 2.36. The summed E-state index contributed by atoms with van der Waals surface area (Å²) in [7, 11) is 0. The summed E-state index contributed by atoms with van der Waals surface area (Å²) < 4.78 is 0. The zero-order chi connectivity index (χ0) is 7.84. The Hall–Kier alpha value is -1.51. The van der Waals surface area contributed by atoms with Gasteiger partial charge in [0.05, 0.1) is 11.7 Å². The number of H-pyrrole nitrogens is 1. The highest BCUT2D eigenvalue weighted by molar-refractivity contribution is 5.80. The van der Waals surface area contributed by atoms with Gasteiger partial charge in [-0.25, -0.2) is 0 Å². The monoisotopic (exact) mass is 148 g/mol. The van der Waals surface area contributed by atoms with Crippen molar-refractivity contribution in [2.75, 3.05) is 0 Å². The highest BCUT2D eigenvalue weighted by atomic mass is 16.3. The fourth-order valence-corrected chi connectivity index (χ4v) is 1.09. The molecule has 0 atom stereocenters. The lowest BCUT2D eigenvalue weighted by Crippen LogP contribution is -1.74. The molecule has 0 saturated carbocycles. The van der Waals surface area contributed by atoms with E-state index in [-0.39, 0.29) is 0 Å². The lowest BCUT2D eigenvalue weighted by atomic mass is 10.2. The minimum absolute atomic E-state index is 0.307. The summed E-state index contributed by atoms with van der Waals surface area (Å²) in [4.78, 5) is 0. The highest BCUT2D eigenvalue weighted by Gasteiger charge is 1.99. The molecule has 0 bridgehead atoms. The molecule has 2 rings (SSSR count). The Kier molecular flexibility index (Phi) is 1.12. The van der Waals surface area contributed by atoms with E-state index in [0.717, 1.165) is 16.5 Å². The first-order valence-electron chi connectivity index (χ1n) is 3.40. The van der Waals surface area contributed by atoms with Crippen LogP contribution in [0.2, 0.25) is 0 Å². The van der Waals surface area contributed by atoms with Crippen LogP contribution in [0.1, 0.15) is 5.56 Å². The predicted molar refractivity (Wildman–Crippen MR) is 42.5 cm³/mol. The Morgan fingerprint density at radius 2 is 2.27 bits per heavy atom. The van der Waals surface area contributed by atoms with E-state index in [1.807, 2.05) is 13.0 Å². The third-order valence-electron chi connectivity index (χ3n) is 1.76. The van der Waals surface area contributed by atoms with Crippen molar-refractivity contribution in [3.05, 3.63) is 23.9 Å². The van der Waals surface area contributed by atoms with Gasteiger partial charge in [0, 0.05) is 11.5 Å². The van der Waals surface area contributed by atoms with Crippen molar-refractivity contribution in [2.45, 2.75) is 6.92 Å².